The van der Waals surface area contributed by atoms with Gasteiger partial charge in [-0.3, -0.25) is 4.31 Å². The van der Waals surface area contributed by atoms with Gasteiger partial charge >= 0.3 is 0 Å². The van der Waals surface area contributed by atoms with Gasteiger partial charge in [-0.15, -0.1) is 11.3 Å². The molecule has 4 rings (SSSR count). The van der Waals surface area contributed by atoms with Gasteiger partial charge in [-0.2, -0.15) is 0 Å². The molecule has 0 spiro atoms. The number of rotatable bonds is 5. The number of fused-ring (bicyclic) bond motifs is 1. The van der Waals surface area contributed by atoms with E-state index in [1.54, 1.807) is 36.4 Å². The molecule has 0 aliphatic heterocycles. The van der Waals surface area contributed by atoms with E-state index in [2.05, 4.69) is 0 Å². The third-order valence-electron chi connectivity index (χ3n) is 4.23. The summed E-state index contributed by atoms with van der Waals surface area (Å²) in [5.41, 5.74) is 0.872. The van der Waals surface area contributed by atoms with Crippen molar-refractivity contribution in [1.82, 2.24) is 0 Å². The summed E-state index contributed by atoms with van der Waals surface area (Å²) in [5.74, 6) is 0. The predicted molar refractivity (Wildman–Crippen MR) is 113 cm³/mol. The zero-order valence-electron chi connectivity index (χ0n) is 14.2. The normalized spacial score (nSPS) is 11.6. The Labute approximate surface area is 167 Å². The Kier molecular flexibility index (Phi) is 4.91. The highest BCUT2D eigenvalue weighted by Crippen LogP contribution is 2.36. The van der Waals surface area contributed by atoms with Crippen LogP contribution in [0.4, 0.5) is 5.00 Å². The summed E-state index contributed by atoms with van der Waals surface area (Å²) in [6.45, 7) is 0.237. The smallest absolute Gasteiger partial charge is 0.253 e. The molecular formula is C21H16ClNO2S2. The van der Waals surface area contributed by atoms with Crippen molar-refractivity contribution in [1.29, 1.82) is 0 Å². The second-order valence-corrected chi connectivity index (χ2v) is 9.43. The number of anilines is 1. The van der Waals surface area contributed by atoms with Crippen molar-refractivity contribution in [2.24, 2.45) is 0 Å². The zero-order valence-corrected chi connectivity index (χ0v) is 16.6. The molecule has 0 atom stereocenters. The highest BCUT2D eigenvalue weighted by molar-refractivity contribution is 7.93. The average Bonchev–Trinajstić information content (AvgIpc) is 3.11. The van der Waals surface area contributed by atoms with Crippen molar-refractivity contribution in [3.05, 3.63) is 95.5 Å². The van der Waals surface area contributed by atoms with E-state index in [-0.39, 0.29) is 11.4 Å². The fourth-order valence-electron chi connectivity index (χ4n) is 2.85. The molecule has 0 fully saturated rings. The van der Waals surface area contributed by atoms with Gasteiger partial charge in [0.2, 0.25) is 0 Å². The molecule has 0 saturated heterocycles. The molecule has 0 aliphatic rings. The molecule has 3 aromatic carbocycles. The first-order valence-electron chi connectivity index (χ1n) is 8.35. The molecule has 0 bridgehead atoms. The van der Waals surface area contributed by atoms with E-state index in [0.717, 1.165) is 15.6 Å². The Morgan fingerprint density at radius 3 is 2.22 bits per heavy atom. The van der Waals surface area contributed by atoms with Crippen molar-refractivity contribution in [3.8, 4) is 0 Å². The van der Waals surface area contributed by atoms with Gasteiger partial charge in [0.25, 0.3) is 10.0 Å². The molecule has 0 amide bonds. The molecule has 1 aromatic heterocycles. The van der Waals surface area contributed by atoms with Crippen LogP contribution in [0.3, 0.4) is 0 Å². The summed E-state index contributed by atoms with van der Waals surface area (Å²) in [6, 6.07) is 25.6. The second-order valence-electron chi connectivity index (χ2n) is 6.07. The predicted octanol–water partition coefficient (Wildman–Crippen LogP) is 5.95. The van der Waals surface area contributed by atoms with Crippen LogP contribution in [0, 0.1) is 0 Å². The van der Waals surface area contributed by atoms with Gasteiger partial charge in [-0.1, -0.05) is 60.1 Å². The van der Waals surface area contributed by atoms with Crippen molar-refractivity contribution in [2.45, 2.75) is 11.4 Å². The van der Waals surface area contributed by atoms with E-state index in [1.165, 1.54) is 15.6 Å². The van der Waals surface area contributed by atoms with E-state index in [1.807, 2.05) is 48.5 Å². The monoisotopic (exact) mass is 413 g/mol. The van der Waals surface area contributed by atoms with Gasteiger partial charge in [-0.05, 0) is 47.3 Å². The fraction of sp³-hybridized carbons (Fsp3) is 0.0476. The summed E-state index contributed by atoms with van der Waals surface area (Å²) in [6.07, 6.45) is 0. The minimum Gasteiger partial charge on any atom is -0.253 e. The molecule has 6 heteroatoms. The SMILES string of the molecule is O=S(=O)(c1ccccc1)N(Cc1ccc(Cl)cc1)c1cc2ccccc2s1. The summed E-state index contributed by atoms with van der Waals surface area (Å²) in [4.78, 5) is 0.274. The number of hydrogen-bond acceptors (Lipinski definition) is 3. The lowest BCUT2D eigenvalue weighted by molar-refractivity contribution is 0.591. The third-order valence-corrected chi connectivity index (χ3v) is 7.51. The maximum atomic E-state index is 13.4. The van der Waals surface area contributed by atoms with Crippen molar-refractivity contribution in [2.75, 3.05) is 4.31 Å². The topological polar surface area (TPSA) is 37.4 Å². The lowest BCUT2D eigenvalue weighted by atomic mass is 10.2. The number of thiophene rings is 1. The third kappa shape index (κ3) is 3.72. The van der Waals surface area contributed by atoms with E-state index in [9.17, 15) is 8.42 Å². The van der Waals surface area contributed by atoms with Crippen LogP contribution in [0.5, 0.6) is 0 Å². The number of benzene rings is 3. The van der Waals surface area contributed by atoms with Crippen molar-refractivity contribution < 1.29 is 8.42 Å². The highest BCUT2D eigenvalue weighted by atomic mass is 35.5. The zero-order chi connectivity index (χ0) is 18.9. The van der Waals surface area contributed by atoms with Crippen LogP contribution in [0.2, 0.25) is 5.02 Å². The van der Waals surface area contributed by atoms with Crippen LogP contribution in [-0.2, 0) is 16.6 Å². The Morgan fingerprint density at radius 1 is 0.852 bits per heavy atom. The first-order valence-corrected chi connectivity index (χ1v) is 11.0. The van der Waals surface area contributed by atoms with Crippen molar-refractivity contribution in [3.63, 3.8) is 0 Å². The average molecular weight is 414 g/mol. The minimum atomic E-state index is -3.70. The largest absolute Gasteiger partial charge is 0.265 e. The number of nitrogens with zero attached hydrogens (tertiary/aromatic N) is 1. The Morgan fingerprint density at radius 2 is 1.52 bits per heavy atom. The van der Waals surface area contributed by atoms with Gasteiger partial charge in [0, 0.05) is 9.72 Å². The van der Waals surface area contributed by atoms with Crippen LogP contribution in [-0.4, -0.2) is 8.42 Å². The van der Waals surface area contributed by atoms with Gasteiger partial charge < -0.3 is 0 Å². The second kappa shape index (κ2) is 7.35. The maximum Gasteiger partial charge on any atom is 0.265 e. The fourth-order valence-corrected chi connectivity index (χ4v) is 5.71. The lowest BCUT2D eigenvalue weighted by Gasteiger charge is -2.23. The first-order chi connectivity index (χ1) is 13.0. The van der Waals surface area contributed by atoms with Gasteiger partial charge in [0.05, 0.1) is 11.4 Å². The van der Waals surface area contributed by atoms with Crippen LogP contribution in [0.25, 0.3) is 10.1 Å². The van der Waals surface area contributed by atoms with E-state index >= 15 is 0 Å². The molecule has 0 saturated carbocycles. The molecule has 0 N–H and O–H groups in total. The first kappa shape index (κ1) is 18.0. The number of halogens is 1. The summed E-state index contributed by atoms with van der Waals surface area (Å²) >= 11 is 7.44. The molecule has 136 valence electrons. The molecule has 3 nitrogen and oxygen atoms in total. The van der Waals surface area contributed by atoms with E-state index in [0.29, 0.717) is 10.0 Å². The number of sulfonamides is 1. The Bertz CT molecular complexity index is 1140. The van der Waals surface area contributed by atoms with Gasteiger partial charge in [0.1, 0.15) is 5.00 Å². The molecule has 1 heterocycles. The summed E-state index contributed by atoms with van der Waals surface area (Å²) < 4.78 is 29.3. The van der Waals surface area contributed by atoms with Crippen LogP contribution >= 0.6 is 22.9 Å². The number of hydrogen-bond donors (Lipinski definition) is 0. The quantitative estimate of drug-likeness (QED) is 0.405. The minimum absolute atomic E-state index is 0.237. The molecule has 0 unspecified atom stereocenters. The standard InChI is InChI=1S/C21H16ClNO2S2/c22-18-12-10-16(11-13-18)15-23(27(24,25)19-7-2-1-3-8-19)21-14-17-6-4-5-9-20(17)26-21/h1-14H,15H2. The molecule has 27 heavy (non-hydrogen) atoms. The van der Waals surface area contributed by atoms with Crippen molar-refractivity contribution >= 4 is 48.0 Å². The van der Waals surface area contributed by atoms with Gasteiger partial charge in [0.15, 0.2) is 0 Å². The maximum absolute atomic E-state index is 13.4. The van der Waals surface area contributed by atoms with Crippen LogP contribution in [0.1, 0.15) is 5.56 Å². The van der Waals surface area contributed by atoms with Crippen LogP contribution in [0.15, 0.2) is 89.8 Å². The summed E-state index contributed by atoms with van der Waals surface area (Å²) in [7, 11) is -3.70. The molecule has 4 aromatic rings. The lowest BCUT2D eigenvalue weighted by Crippen LogP contribution is -2.29. The van der Waals surface area contributed by atoms with Crippen LogP contribution < -0.4 is 4.31 Å². The Balaban J connectivity index is 1.82. The summed E-state index contributed by atoms with van der Waals surface area (Å²) in [5, 5.41) is 2.34. The van der Waals surface area contributed by atoms with E-state index < -0.39 is 10.0 Å². The molecule has 0 aliphatic carbocycles. The highest BCUT2D eigenvalue weighted by Gasteiger charge is 2.26. The molecular weight excluding hydrogens is 398 g/mol. The van der Waals surface area contributed by atoms with Gasteiger partial charge in [-0.25, -0.2) is 8.42 Å². The van der Waals surface area contributed by atoms with E-state index in [4.69, 9.17) is 11.6 Å². The Hall–Kier alpha value is -2.34. The molecule has 0 radical (unpaired) electrons.